The van der Waals surface area contributed by atoms with Crippen LogP contribution in [-0.2, 0) is 13.0 Å². The van der Waals surface area contributed by atoms with Gasteiger partial charge in [-0.25, -0.2) is 11.4 Å². The van der Waals surface area contributed by atoms with Crippen molar-refractivity contribution in [1.82, 2.24) is 10.4 Å². The zero-order chi connectivity index (χ0) is 15.0. The molecule has 0 amide bonds. The van der Waals surface area contributed by atoms with Crippen molar-refractivity contribution in [3.05, 3.63) is 41.1 Å². The van der Waals surface area contributed by atoms with Crippen molar-refractivity contribution < 1.29 is 4.74 Å². The van der Waals surface area contributed by atoms with Crippen molar-refractivity contribution in [2.24, 2.45) is 16.2 Å². The summed E-state index contributed by atoms with van der Waals surface area (Å²) in [5, 5.41) is 7.57. The molecule has 0 radical (unpaired) electrons. The Bertz CT molecular complexity index is 482. The lowest BCUT2D eigenvalue weighted by Crippen LogP contribution is -2.12. The summed E-state index contributed by atoms with van der Waals surface area (Å²) < 4.78 is 5.45. The van der Waals surface area contributed by atoms with Gasteiger partial charge >= 0.3 is 0 Å². The van der Waals surface area contributed by atoms with Crippen LogP contribution in [0.2, 0.25) is 0 Å². The molecule has 0 aliphatic carbocycles. The lowest BCUT2D eigenvalue weighted by Gasteiger charge is -2.14. The number of nitrogens with two attached hydrogens (primary N) is 1. The third kappa shape index (κ3) is 4.99. The fraction of sp³-hybridized carbons (Fsp3) is 0.429. The maximum absolute atomic E-state index is 5.45. The van der Waals surface area contributed by atoms with Crippen LogP contribution in [0.3, 0.4) is 0 Å². The molecular formula is C14H23N5O. The number of hydrogen-bond donors (Lipinski definition) is 2. The maximum atomic E-state index is 5.45. The summed E-state index contributed by atoms with van der Waals surface area (Å²) in [5.74, 6) is 5.96. The van der Waals surface area contributed by atoms with Crippen molar-refractivity contribution in [2.45, 2.75) is 19.9 Å². The zero-order valence-corrected chi connectivity index (χ0v) is 12.6. The second-order valence-electron chi connectivity index (χ2n) is 4.67. The van der Waals surface area contributed by atoms with Crippen molar-refractivity contribution in [3.8, 4) is 5.75 Å². The molecule has 0 saturated heterocycles. The first kappa shape index (κ1) is 16.1. The van der Waals surface area contributed by atoms with Gasteiger partial charge in [0, 0.05) is 18.5 Å². The molecule has 0 saturated carbocycles. The maximum Gasteiger partial charge on any atom is 0.123 e. The third-order valence-corrected chi connectivity index (χ3v) is 2.79. The summed E-state index contributed by atoms with van der Waals surface area (Å²) in [6, 6.07) is 6.20. The number of hydrogen-bond acceptors (Lipinski definition) is 5. The molecule has 0 aliphatic rings. The monoisotopic (exact) mass is 277 g/mol. The molecule has 1 aromatic carbocycles. The minimum absolute atomic E-state index is 0.681. The van der Waals surface area contributed by atoms with Crippen molar-refractivity contribution in [1.29, 1.82) is 0 Å². The van der Waals surface area contributed by atoms with E-state index in [4.69, 9.17) is 10.6 Å². The smallest absolute Gasteiger partial charge is 0.123 e. The molecule has 20 heavy (non-hydrogen) atoms. The molecule has 0 fully saturated rings. The van der Waals surface area contributed by atoms with Crippen LogP contribution in [0.25, 0.3) is 0 Å². The average Bonchev–Trinajstić information content (AvgIpc) is 2.44. The normalized spacial score (nSPS) is 12.2. The van der Waals surface area contributed by atoms with Crippen LogP contribution >= 0.6 is 0 Å². The Morgan fingerprint density at radius 1 is 1.45 bits per heavy atom. The van der Waals surface area contributed by atoms with Gasteiger partial charge in [-0.15, -0.1) is 5.11 Å². The second-order valence-corrected chi connectivity index (χ2v) is 4.67. The second kappa shape index (κ2) is 8.29. The number of methoxy groups -OCH3 is 1. The Kier molecular flexibility index (Phi) is 6.69. The number of ether oxygens (including phenoxy) is 1. The van der Waals surface area contributed by atoms with Crippen molar-refractivity contribution in [2.75, 3.05) is 21.2 Å². The summed E-state index contributed by atoms with van der Waals surface area (Å²) in [7, 11) is 5.75. The van der Waals surface area contributed by atoms with E-state index < -0.39 is 0 Å². The van der Waals surface area contributed by atoms with E-state index in [1.54, 1.807) is 7.11 Å². The fourth-order valence-electron chi connectivity index (χ4n) is 1.87. The largest absolute Gasteiger partial charge is 0.496 e. The summed E-state index contributed by atoms with van der Waals surface area (Å²) in [6.07, 6.45) is 2.58. The minimum atomic E-state index is 0.681. The molecular weight excluding hydrogens is 254 g/mol. The molecule has 0 spiro atoms. The van der Waals surface area contributed by atoms with E-state index >= 15 is 0 Å². The Balaban J connectivity index is 2.89. The zero-order valence-electron chi connectivity index (χ0n) is 12.6. The van der Waals surface area contributed by atoms with Crippen LogP contribution < -0.4 is 16.1 Å². The molecule has 0 atom stereocenters. The van der Waals surface area contributed by atoms with Crippen LogP contribution in [0.4, 0.5) is 0 Å². The number of hydrazine groups is 1. The van der Waals surface area contributed by atoms with Gasteiger partial charge in [0.1, 0.15) is 5.75 Å². The van der Waals surface area contributed by atoms with Gasteiger partial charge < -0.3 is 9.64 Å². The number of nitrogens with zero attached hydrogens (tertiary/aromatic N) is 3. The van der Waals surface area contributed by atoms with Crippen LogP contribution in [0.15, 0.2) is 40.3 Å². The van der Waals surface area contributed by atoms with Gasteiger partial charge in [-0.05, 0) is 32.6 Å². The summed E-state index contributed by atoms with van der Waals surface area (Å²) in [4.78, 5) is 2.11. The predicted octanol–water partition coefficient (Wildman–Crippen LogP) is 2.03. The SMILES string of the molecule is C/C=C(Cc1ccc(CN(C)C)c(OC)c1)\N=N/NN. The Morgan fingerprint density at radius 2 is 2.20 bits per heavy atom. The van der Waals surface area contributed by atoms with E-state index in [1.165, 1.54) is 0 Å². The number of rotatable bonds is 7. The number of allylic oxidation sites excluding steroid dienone is 2. The minimum Gasteiger partial charge on any atom is -0.496 e. The molecule has 0 aromatic heterocycles. The average molecular weight is 277 g/mol. The van der Waals surface area contributed by atoms with E-state index in [0.29, 0.717) is 6.42 Å². The van der Waals surface area contributed by atoms with Gasteiger partial charge in [0.2, 0.25) is 0 Å². The first-order valence-electron chi connectivity index (χ1n) is 6.42. The third-order valence-electron chi connectivity index (χ3n) is 2.79. The molecule has 3 N–H and O–H groups in total. The Hall–Kier alpha value is -1.92. The quantitative estimate of drug-likeness (QED) is 0.454. The number of benzene rings is 1. The Morgan fingerprint density at radius 3 is 2.75 bits per heavy atom. The predicted molar refractivity (Wildman–Crippen MR) is 80.0 cm³/mol. The topological polar surface area (TPSA) is 75.2 Å². The van der Waals surface area contributed by atoms with Gasteiger partial charge in [-0.3, -0.25) is 0 Å². The molecule has 1 rings (SSSR count). The number of nitrogens with one attached hydrogen (secondary N) is 1. The summed E-state index contributed by atoms with van der Waals surface area (Å²) >= 11 is 0. The first-order valence-corrected chi connectivity index (χ1v) is 6.42. The van der Waals surface area contributed by atoms with Crippen molar-refractivity contribution in [3.63, 3.8) is 0 Å². The first-order chi connectivity index (χ1) is 9.60. The van der Waals surface area contributed by atoms with Gasteiger partial charge in [0.25, 0.3) is 0 Å². The Labute approximate surface area is 120 Å². The highest BCUT2D eigenvalue weighted by Gasteiger charge is 2.07. The van der Waals surface area contributed by atoms with Gasteiger partial charge in [-0.1, -0.05) is 23.4 Å². The molecule has 6 heteroatoms. The van der Waals surface area contributed by atoms with Gasteiger partial charge in [0.15, 0.2) is 0 Å². The standard InChI is InChI=1S/C14H23N5O/c1-5-13(16-18-17-15)8-11-6-7-12(10-19(2)3)14(9-11)20-4/h5-7,9H,8,10H2,1-4H3,(H2,15,18)(H,16,17)/b13-5-. The molecule has 0 bridgehead atoms. The molecule has 0 aliphatic heterocycles. The highest BCUT2D eigenvalue weighted by Crippen LogP contribution is 2.23. The van der Waals surface area contributed by atoms with Gasteiger partial charge in [0.05, 0.1) is 12.8 Å². The highest BCUT2D eigenvalue weighted by molar-refractivity contribution is 5.38. The van der Waals surface area contributed by atoms with Crippen LogP contribution in [-0.4, -0.2) is 26.1 Å². The van der Waals surface area contributed by atoms with Gasteiger partial charge in [-0.2, -0.15) is 0 Å². The molecule has 6 nitrogen and oxygen atoms in total. The lowest BCUT2D eigenvalue weighted by atomic mass is 10.1. The molecule has 0 heterocycles. The van der Waals surface area contributed by atoms with Crippen LogP contribution in [0.1, 0.15) is 18.1 Å². The van der Waals surface area contributed by atoms with Crippen molar-refractivity contribution >= 4 is 0 Å². The summed E-state index contributed by atoms with van der Waals surface area (Å²) in [6.45, 7) is 2.76. The van der Waals surface area contributed by atoms with E-state index in [-0.39, 0.29) is 0 Å². The van der Waals surface area contributed by atoms with E-state index in [0.717, 1.165) is 29.1 Å². The van der Waals surface area contributed by atoms with Crippen LogP contribution in [0, 0.1) is 0 Å². The summed E-state index contributed by atoms with van der Waals surface area (Å²) in [5.41, 5.74) is 5.28. The molecule has 110 valence electrons. The van der Waals surface area contributed by atoms with E-state index in [2.05, 4.69) is 32.9 Å². The molecule has 0 unspecified atom stereocenters. The van der Waals surface area contributed by atoms with Crippen LogP contribution in [0.5, 0.6) is 5.75 Å². The molecule has 1 aromatic rings. The lowest BCUT2D eigenvalue weighted by molar-refractivity contribution is 0.371. The van der Waals surface area contributed by atoms with E-state index in [9.17, 15) is 0 Å². The highest BCUT2D eigenvalue weighted by atomic mass is 16.5. The van der Waals surface area contributed by atoms with E-state index in [1.807, 2.05) is 33.2 Å². The fourth-order valence-corrected chi connectivity index (χ4v) is 1.87.